The highest BCUT2D eigenvalue weighted by molar-refractivity contribution is 7.13. The van der Waals surface area contributed by atoms with E-state index in [9.17, 15) is 0 Å². The number of pyridine rings is 1. The fraction of sp³-hybridized carbons (Fsp3) is 0.391. The highest BCUT2D eigenvalue weighted by Crippen LogP contribution is 2.42. The van der Waals surface area contributed by atoms with Crippen molar-refractivity contribution in [1.29, 1.82) is 0 Å². The Balaban J connectivity index is 1.30. The largest absolute Gasteiger partial charge is 0.295 e. The fourth-order valence-corrected chi connectivity index (χ4v) is 6.15. The van der Waals surface area contributed by atoms with Crippen LogP contribution in [-0.2, 0) is 13.1 Å². The summed E-state index contributed by atoms with van der Waals surface area (Å²) in [6.45, 7) is 1.64. The van der Waals surface area contributed by atoms with Gasteiger partial charge in [0.15, 0.2) is 5.82 Å². The first kappa shape index (κ1) is 19.3. The molecule has 0 bridgehead atoms. The number of fused-ring (bicyclic) bond motifs is 4. The van der Waals surface area contributed by atoms with Crippen molar-refractivity contribution in [2.75, 3.05) is 7.05 Å². The lowest BCUT2D eigenvalue weighted by Crippen LogP contribution is -2.17. The summed E-state index contributed by atoms with van der Waals surface area (Å²) >= 11 is 7.87. The van der Waals surface area contributed by atoms with Crippen molar-refractivity contribution in [1.82, 2.24) is 29.0 Å². The first-order valence-electron chi connectivity index (χ1n) is 10.8. The van der Waals surface area contributed by atoms with Crippen LogP contribution >= 0.6 is 23.1 Å². The molecule has 0 saturated heterocycles. The molecule has 0 unspecified atom stereocenters. The molecule has 1 aliphatic heterocycles. The van der Waals surface area contributed by atoms with E-state index in [0.29, 0.717) is 11.8 Å². The molecule has 1 aliphatic carbocycles. The summed E-state index contributed by atoms with van der Waals surface area (Å²) in [4.78, 5) is 6.87. The lowest BCUT2D eigenvalue weighted by Gasteiger charge is -2.27. The number of nitrogens with zero attached hydrogens (tertiary/aromatic N) is 6. The Hall–Kier alpha value is -2.35. The van der Waals surface area contributed by atoms with E-state index in [4.69, 9.17) is 16.0 Å². The Kier molecular flexibility index (Phi) is 4.78. The third-order valence-electron chi connectivity index (χ3n) is 6.62. The van der Waals surface area contributed by atoms with Gasteiger partial charge >= 0.3 is 0 Å². The van der Waals surface area contributed by atoms with E-state index in [1.807, 2.05) is 18.3 Å². The topological polar surface area (TPSA) is 59.7 Å². The van der Waals surface area contributed by atoms with Crippen LogP contribution in [-0.4, -0.2) is 36.1 Å². The molecule has 1 fully saturated rings. The van der Waals surface area contributed by atoms with E-state index in [1.54, 1.807) is 11.5 Å². The fourth-order valence-electron chi connectivity index (χ4n) is 5.14. The summed E-state index contributed by atoms with van der Waals surface area (Å²) in [5.74, 6) is 2.98. The summed E-state index contributed by atoms with van der Waals surface area (Å²) in [5.41, 5.74) is 4.66. The molecule has 31 heavy (non-hydrogen) atoms. The molecule has 0 amide bonds. The van der Waals surface area contributed by atoms with Gasteiger partial charge in [-0.1, -0.05) is 11.6 Å². The van der Waals surface area contributed by atoms with E-state index in [2.05, 4.69) is 49.9 Å². The minimum atomic E-state index is 0.405. The second-order valence-corrected chi connectivity index (χ2v) is 9.96. The van der Waals surface area contributed by atoms with Crippen LogP contribution < -0.4 is 0 Å². The van der Waals surface area contributed by atoms with Crippen LogP contribution in [0, 0.1) is 0 Å². The molecule has 4 heterocycles. The van der Waals surface area contributed by atoms with Gasteiger partial charge in [0.2, 0.25) is 0 Å². The molecule has 0 radical (unpaired) electrons. The molecule has 8 heteroatoms. The summed E-state index contributed by atoms with van der Waals surface area (Å²) in [5, 5.41) is 10.0. The molecule has 0 N–H and O–H groups in total. The Morgan fingerprint density at radius 3 is 2.74 bits per heavy atom. The van der Waals surface area contributed by atoms with E-state index in [-0.39, 0.29) is 0 Å². The van der Waals surface area contributed by atoms with Crippen molar-refractivity contribution < 1.29 is 0 Å². The van der Waals surface area contributed by atoms with Crippen LogP contribution in [0.5, 0.6) is 0 Å². The third-order valence-corrected chi connectivity index (χ3v) is 7.67. The second kappa shape index (κ2) is 7.65. The van der Waals surface area contributed by atoms with Crippen LogP contribution in [0.25, 0.3) is 15.9 Å². The molecule has 6 rings (SSSR count). The summed E-state index contributed by atoms with van der Waals surface area (Å²) in [6, 6.07) is 10.3. The number of halogens is 1. The van der Waals surface area contributed by atoms with Crippen LogP contribution in [0.2, 0.25) is 5.02 Å². The molecule has 6 nitrogen and oxygen atoms in total. The Morgan fingerprint density at radius 1 is 1.03 bits per heavy atom. The van der Waals surface area contributed by atoms with Crippen molar-refractivity contribution in [2.24, 2.45) is 0 Å². The molecule has 1 aromatic carbocycles. The van der Waals surface area contributed by atoms with Gasteiger partial charge in [-0.3, -0.25) is 14.5 Å². The van der Waals surface area contributed by atoms with Gasteiger partial charge in [-0.25, -0.2) is 0 Å². The van der Waals surface area contributed by atoms with Gasteiger partial charge in [0.25, 0.3) is 0 Å². The molecule has 3 aromatic heterocycles. The maximum absolute atomic E-state index is 6.30. The highest BCUT2D eigenvalue weighted by atomic mass is 35.5. The second-order valence-electron chi connectivity index (χ2n) is 8.72. The average molecular weight is 451 g/mol. The lowest BCUT2D eigenvalue weighted by molar-refractivity contribution is 0.315. The maximum atomic E-state index is 6.30. The Labute approximate surface area is 190 Å². The van der Waals surface area contributed by atoms with E-state index >= 15 is 0 Å². The smallest absolute Gasteiger partial charge is 0.151 e. The molecular weight excluding hydrogens is 428 g/mol. The normalized spacial score (nSPS) is 21.6. The van der Waals surface area contributed by atoms with Gasteiger partial charge in [-0.2, -0.15) is 4.37 Å². The molecular formula is C23H23ClN6S. The zero-order valence-electron chi connectivity index (χ0n) is 17.3. The predicted octanol–water partition coefficient (Wildman–Crippen LogP) is 5.31. The number of benzene rings is 1. The number of hydrogen-bond acceptors (Lipinski definition) is 6. The van der Waals surface area contributed by atoms with E-state index < -0.39 is 0 Å². The van der Waals surface area contributed by atoms with Crippen LogP contribution in [0.1, 0.15) is 60.4 Å². The molecule has 158 valence electrons. The van der Waals surface area contributed by atoms with Gasteiger partial charge in [0.1, 0.15) is 11.3 Å². The van der Waals surface area contributed by atoms with Crippen molar-refractivity contribution in [3.05, 3.63) is 64.5 Å². The quantitative estimate of drug-likeness (QED) is 0.414. The van der Waals surface area contributed by atoms with Gasteiger partial charge in [-0.15, -0.1) is 10.2 Å². The summed E-state index contributed by atoms with van der Waals surface area (Å²) < 4.78 is 8.24. The summed E-state index contributed by atoms with van der Waals surface area (Å²) in [6.07, 6.45) is 6.27. The third kappa shape index (κ3) is 3.35. The predicted molar refractivity (Wildman–Crippen MR) is 123 cm³/mol. The minimum absolute atomic E-state index is 0.405. The monoisotopic (exact) mass is 450 g/mol. The SMILES string of the molecule is CN1Cc2cc(Cl)ccc2-n2c(nnc2C2CCC(c3nsc4cccnc34)CC2)C1. The molecule has 1 saturated carbocycles. The highest BCUT2D eigenvalue weighted by Gasteiger charge is 2.32. The first-order valence-corrected chi connectivity index (χ1v) is 11.9. The molecule has 2 aliphatic rings. The van der Waals surface area contributed by atoms with Crippen molar-refractivity contribution in [2.45, 2.75) is 50.6 Å². The molecule has 0 atom stereocenters. The van der Waals surface area contributed by atoms with E-state index in [0.717, 1.165) is 61.0 Å². The molecule has 4 aromatic rings. The number of rotatable bonds is 2. The maximum Gasteiger partial charge on any atom is 0.151 e. The van der Waals surface area contributed by atoms with Gasteiger partial charge in [-0.05, 0) is 80.2 Å². The van der Waals surface area contributed by atoms with E-state index in [1.165, 1.54) is 21.6 Å². The van der Waals surface area contributed by atoms with Crippen molar-refractivity contribution >= 4 is 33.4 Å². The minimum Gasteiger partial charge on any atom is -0.295 e. The average Bonchev–Trinajstić information content (AvgIpc) is 3.35. The number of aromatic nitrogens is 5. The Bertz CT molecular complexity index is 1260. The summed E-state index contributed by atoms with van der Waals surface area (Å²) in [7, 11) is 2.12. The van der Waals surface area contributed by atoms with Crippen molar-refractivity contribution in [3.63, 3.8) is 0 Å². The lowest BCUT2D eigenvalue weighted by atomic mass is 9.80. The van der Waals surface area contributed by atoms with Gasteiger partial charge in [0.05, 0.1) is 22.6 Å². The van der Waals surface area contributed by atoms with Crippen LogP contribution in [0.4, 0.5) is 0 Å². The van der Waals surface area contributed by atoms with Gasteiger partial charge in [0, 0.05) is 29.6 Å². The van der Waals surface area contributed by atoms with Crippen LogP contribution in [0.3, 0.4) is 0 Å². The Morgan fingerprint density at radius 2 is 1.87 bits per heavy atom. The molecule has 0 spiro atoms. The zero-order chi connectivity index (χ0) is 20.9. The van der Waals surface area contributed by atoms with Crippen molar-refractivity contribution in [3.8, 4) is 5.69 Å². The first-order chi connectivity index (χ1) is 15.2. The number of hydrogen-bond donors (Lipinski definition) is 0. The van der Waals surface area contributed by atoms with Gasteiger partial charge < -0.3 is 0 Å². The standard InChI is InChI=1S/C23H23ClN6S/c1-29-12-16-11-17(24)8-9-18(16)30-20(13-29)26-27-23(30)15-6-4-14(5-7-15)21-22-19(31-28-21)3-2-10-25-22/h2-3,8-11,14-15H,4-7,12-13H2,1H3. The zero-order valence-corrected chi connectivity index (χ0v) is 18.9. The van der Waals surface area contributed by atoms with Crippen LogP contribution in [0.15, 0.2) is 36.5 Å².